The summed E-state index contributed by atoms with van der Waals surface area (Å²) in [6.45, 7) is 3.01. The summed E-state index contributed by atoms with van der Waals surface area (Å²) in [6.07, 6.45) is 0.873. The van der Waals surface area contributed by atoms with Crippen LogP contribution in [-0.4, -0.2) is 27.4 Å². The van der Waals surface area contributed by atoms with Crippen LogP contribution >= 0.6 is 0 Å². The Kier molecular flexibility index (Phi) is 7.09. The van der Waals surface area contributed by atoms with E-state index in [1.807, 2.05) is 0 Å². The molecule has 190 valence electrons. The van der Waals surface area contributed by atoms with Gasteiger partial charge in [0.15, 0.2) is 0 Å². The maximum Gasteiger partial charge on any atom is 0.337 e. The third-order valence-corrected chi connectivity index (χ3v) is 6.12. The lowest BCUT2D eigenvalue weighted by Gasteiger charge is -2.26. The Morgan fingerprint density at radius 3 is 2.41 bits per heavy atom. The van der Waals surface area contributed by atoms with Gasteiger partial charge in [0.1, 0.15) is 12.5 Å². The second-order valence-electron chi connectivity index (χ2n) is 8.58. The van der Waals surface area contributed by atoms with Gasteiger partial charge < -0.3 is 10.1 Å². The quantitative estimate of drug-likeness (QED) is 0.328. The van der Waals surface area contributed by atoms with Gasteiger partial charge in [0.05, 0.1) is 26.8 Å². The molecule has 0 bridgehead atoms. The molecule has 4 rings (SSSR count). The largest absolute Gasteiger partial charge is 0.457 e. The van der Waals surface area contributed by atoms with E-state index in [0.29, 0.717) is 24.1 Å². The maximum atomic E-state index is 13.2. The first-order valence-corrected chi connectivity index (χ1v) is 11.3. The van der Waals surface area contributed by atoms with Crippen LogP contribution in [0.1, 0.15) is 49.3 Å². The summed E-state index contributed by atoms with van der Waals surface area (Å²) >= 11 is 0. The number of esters is 1. The highest BCUT2D eigenvalue weighted by molar-refractivity contribution is 6.04. The number of dihydropyridines is 1. The van der Waals surface area contributed by atoms with E-state index < -0.39 is 21.7 Å². The lowest BCUT2D eigenvalue weighted by atomic mass is 9.84. The lowest BCUT2D eigenvalue weighted by Crippen LogP contribution is -2.31. The normalized spacial score (nSPS) is 17.5. The number of ether oxygens (including phenoxy) is 1. The average Bonchev–Trinajstić information content (AvgIpc) is 2.87. The van der Waals surface area contributed by atoms with E-state index in [0.717, 1.165) is 11.3 Å². The Bertz CT molecular complexity index is 1390. The summed E-state index contributed by atoms with van der Waals surface area (Å²) in [5, 5.41) is 30.2. The number of non-ortho nitro benzene ring substituents is 1. The highest BCUT2D eigenvalue weighted by Crippen LogP contribution is 2.39. The average molecular weight is 505 g/mol. The third kappa shape index (κ3) is 5.37. The molecule has 0 saturated heterocycles. The van der Waals surface area contributed by atoms with Crippen molar-refractivity contribution in [3.05, 3.63) is 108 Å². The van der Waals surface area contributed by atoms with Crippen LogP contribution in [0.4, 0.5) is 5.69 Å². The van der Waals surface area contributed by atoms with E-state index in [1.165, 1.54) is 31.2 Å². The van der Waals surface area contributed by atoms with Crippen molar-refractivity contribution in [2.45, 2.75) is 39.2 Å². The fourth-order valence-corrected chi connectivity index (χ4v) is 4.34. The standard InChI is InChI=1S/C25H23N5O7/c1-14-22(23(24(30(35)36)15(2)26-14)18-4-3-5-19(12-18)29(33)34)25(32)37-13-16-6-8-17(9-7-16)20-10-11-21(31)28-27-20/h3-9,12,23,26H,10-11,13H2,1-2H3,(H,28,31). The molecular formula is C25H23N5O7. The number of nitro benzene ring substituents is 1. The van der Waals surface area contributed by atoms with Crippen molar-refractivity contribution < 1.29 is 24.2 Å². The first-order valence-electron chi connectivity index (χ1n) is 11.3. The smallest absolute Gasteiger partial charge is 0.337 e. The molecule has 2 aromatic rings. The van der Waals surface area contributed by atoms with E-state index in [9.17, 15) is 29.8 Å². The van der Waals surface area contributed by atoms with Crippen LogP contribution in [0.15, 0.2) is 76.3 Å². The van der Waals surface area contributed by atoms with Crippen LogP contribution in [0.25, 0.3) is 0 Å². The summed E-state index contributed by atoms with van der Waals surface area (Å²) in [5.41, 5.74) is 4.98. The topological polar surface area (TPSA) is 166 Å². The number of rotatable bonds is 7. The van der Waals surface area contributed by atoms with E-state index in [-0.39, 0.29) is 40.7 Å². The Balaban J connectivity index is 1.58. The Labute approximate surface area is 211 Å². The number of nitrogens with one attached hydrogen (secondary N) is 2. The van der Waals surface area contributed by atoms with Crippen LogP contribution < -0.4 is 10.7 Å². The first kappa shape index (κ1) is 25.2. The predicted molar refractivity (Wildman–Crippen MR) is 132 cm³/mol. The number of carbonyl (C=O) groups excluding carboxylic acids is 2. The number of benzene rings is 2. The van der Waals surface area contributed by atoms with Crippen molar-refractivity contribution in [2.24, 2.45) is 5.10 Å². The van der Waals surface area contributed by atoms with Crippen molar-refractivity contribution in [3.63, 3.8) is 0 Å². The molecule has 2 N–H and O–H groups in total. The van der Waals surface area contributed by atoms with Gasteiger partial charge in [-0.1, -0.05) is 36.4 Å². The zero-order chi connectivity index (χ0) is 26.7. The minimum Gasteiger partial charge on any atom is -0.457 e. The third-order valence-electron chi connectivity index (χ3n) is 6.12. The Hall–Kier alpha value is -4.87. The fourth-order valence-electron chi connectivity index (χ4n) is 4.34. The van der Waals surface area contributed by atoms with Crippen LogP contribution in [-0.2, 0) is 20.9 Å². The highest BCUT2D eigenvalue weighted by Gasteiger charge is 2.41. The summed E-state index contributed by atoms with van der Waals surface area (Å²) in [5.74, 6) is -2.08. The van der Waals surface area contributed by atoms with E-state index in [1.54, 1.807) is 31.2 Å². The molecule has 0 aromatic heterocycles. The Morgan fingerprint density at radius 2 is 1.78 bits per heavy atom. The maximum absolute atomic E-state index is 13.2. The van der Waals surface area contributed by atoms with Crippen LogP contribution in [0, 0.1) is 20.2 Å². The number of amides is 1. The second kappa shape index (κ2) is 10.4. The fraction of sp³-hybridized carbons (Fsp3) is 0.240. The zero-order valence-electron chi connectivity index (χ0n) is 20.0. The van der Waals surface area contributed by atoms with E-state index >= 15 is 0 Å². The molecule has 0 saturated carbocycles. The molecule has 12 nitrogen and oxygen atoms in total. The van der Waals surface area contributed by atoms with E-state index in [2.05, 4.69) is 15.8 Å². The summed E-state index contributed by atoms with van der Waals surface area (Å²) < 4.78 is 5.53. The van der Waals surface area contributed by atoms with Gasteiger partial charge in [0.25, 0.3) is 11.4 Å². The molecule has 0 radical (unpaired) electrons. The molecule has 37 heavy (non-hydrogen) atoms. The summed E-state index contributed by atoms with van der Waals surface area (Å²) in [4.78, 5) is 46.6. The molecule has 2 aromatic carbocycles. The van der Waals surface area contributed by atoms with Crippen LogP contribution in [0.2, 0.25) is 0 Å². The summed E-state index contributed by atoms with van der Waals surface area (Å²) in [6, 6.07) is 12.5. The highest BCUT2D eigenvalue weighted by atomic mass is 16.6. The predicted octanol–water partition coefficient (Wildman–Crippen LogP) is 3.42. The summed E-state index contributed by atoms with van der Waals surface area (Å²) in [7, 11) is 0. The van der Waals surface area contributed by atoms with Crippen LogP contribution in [0.5, 0.6) is 0 Å². The molecule has 2 aliphatic rings. The van der Waals surface area contributed by atoms with Crippen LogP contribution in [0.3, 0.4) is 0 Å². The van der Waals surface area contributed by atoms with Crippen molar-refractivity contribution in [2.75, 3.05) is 0 Å². The number of nitro groups is 2. The van der Waals surface area contributed by atoms with Crippen molar-refractivity contribution in [3.8, 4) is 0 Å². The molecule has 2 heterocycles. The molecule has 1 atom stereocenters. The van der Waals surface area contributed by atoms with Gasteiger partial charge in [-0.25, -0.2) is 10.2 Å². The number of hydrogen-bond acceptors (Lipinski definition) is 9. The van der Waals surface area contributed by atoms with Gasteiger partial charge in [-0.3, -0.25) is 25.0 Å². The van der Waals surface area contributed by atoms with Gasteiger partial charge >= 0.3 is 5.97 Å². The molecular weight excluding hydrogens is 482 g/mol. The van der Waals surface area contributed by atoms with Crippen molar-refractivity contribution in [1.82, 2.24) is 10.7 Å². The van der Waals surface area contributed by atoms with Gasteiger partial charge in [-0.05, 0) is 30.5 Å². The first-order chi connectivity index (χ1) is 17.7. The molecule has 1 unspecified atom stereocenters. The van der Waals surface area contributed by atoms with Crippen molar-refractivity contribution >= 4 is 23.3 Å². The number of hydrogen-bond donors (Lipinski definition) is 2. The van der Waals surface area contributed by atoms with E-state index in [4.69, 9.17) is 4.74 Å². The van der Waals surface area contributed by atoms with Gasteiger partial charge in [0, 0.05) is 30.7 Å². The number of carbonyl (C=O) groups is 2. The number of allylic oxidation sites excluding steroid dienone is 3. The molecule has 0 aliphatic carbocycles. The van der Waals surface area contributed by atoms with Gasteiger partial charge in [-0.2, -0.15) is 5.10 Å². The molecule has 2 aliphatic heterocycles. The number of nitrogens with zero attached hydrogens (tertiary/aromatic N) is 3. The Morgan fingerprint density at radius 1 is 1.05 bits per heavy atom. The SMILES string of the molecule is CC1=C(C(=O)OCc2ccc(C3=NNC(=O)CC3)cc2)C(c2cccc([N+](=O)[O-])c2)C([N+](=O)[O-])=C(C)N1. The van der Waals surface area contributed by atoms with Gasteiger partial charge in [0.2, 0.25) is 5.91 Å². The monoisotopic (exact) mass is 505 g/mol. The lowest BCUT2D eigenvalue weighted by molar-refractivity contribution is -0.431. The second-order valence-corrected chi connectivity index (χ2v) is 8.58. The molecule has 0 fully saturated rings. The molecule has 12 heteroatoms. The minimum atomic E-state index is -1.16. The minimum absolute atomic E-state index is 0.00159. The number of hydrazone groups is 1. The molecule has 0 spiro atoms. The zero-order valence-corrected chi connectivity index (χ0v) is 20.0. The van der Waals surface area contributed by atoms with Gasteiger partial charge in [-0.15, -0.1) is 0 Å². The van der Waals surface area contributed by atoms with Crippen molar-refractivity contribution in [1.29, 1.82) is 0 Å². The molecule has 1 amide bonds.